The van der Waals surface area contributed by atoms with E-state index in [1.165, 1.54) is 38.8 Å². The predicted octanol–water partition coefficient (Wildman–Crippen LogP) is 3.62. The average molecular weight is 268 g/mol. The van der Waals surface area contributed by atoms with E-state index in [2.05, 4.69) is 33.0 Å². The van der Waals surface area contributed by atoms with Crippen molar-refractivity contribution >= 4 is 12.4 Å². The van der Waals surface area contributed by atoms with E-state index in [1.807, 2.05) is 0 Å². The molecule has 102 valence electrons. The molecule has 1 heterocycles. The average Bonchev–Trinajstić information content (AvgIpc) is 2.70. The molecule has 0 unspecified atom stereocenters. The summed E-state index contributed by atoms with van der Waals surface area (Å²) in [6.45, 7) is 13.2. The van der Waals surface area contributed by atoms with Gasteiger partial charge < -0.3 is 5.32 Å². The molecule has 0 aromatic rings. The molecular formula is C16H26ClN. The molecule has 4 aliphatic rings. The topological polar surface area (TPSA) is 12.0 Å². The number of halogens is 1. The molecule has 1 N–H and O–H groups in total. The van der Waals surface area contributed by atoms with Gasteiger partial charge in [-0.25, -0.2) is 0 Å². The lowest BCUT2D eigenvalue weighted by molar-refractivity contribution is -0.283. The molecule has 1 nitrogen and oxygen atoms in total. The van der Waals surface area contributed by atoms with Crippen molar-refractivity contribution in [2.24, 2.45) is 32.5 Å². The van der Waals surface area contributed by atoms with Gasteiger partial charge in [0.15, 0.2) is 0 Å². The van der Waals surface area contributed by atoms with Crippen LogP contribution in [0, 0.1) is 32.5 Å². The normalized spacial score (nSPS) is 74.0. The smallest absolute Gasteiger partial charge is 0.00143 e. The number of fused-ring (bicyclic) bond motifs is 5. The quantitative estimate of drug-likeness (QED) is 0.707. The van der Waals surface area contributed by atoms with Crippen LogP contribution in [0.5, 0.6) is 0 Å². The molecule has 3 aliphatic carbocycles. The third-order valence-corrected chi connectivity index (χ3v) is 9.69. The zero-order valence-electron chi connectivity index (χ0n) is 12.2. The van der Waals surface area contributed by atoms with Gasteiger partial charge in [-0.15, -0.1) is 12.4 Å². The molecule has 0 atom stereocenters. The van der Waals surface area contributed by atoms with E-state index in [-0.39, 0.29) is 12.4 Å². The summed E-state index contributed by atoms with van der Waals surface area (Å²) in [5.74, 6) is 0. The van der Waals surface area contributed by atoms with Crippen LogP contribution in [0.15, 0.2) is 0 Å². The largest absolute Gasteiger partial charge is 0.316 e. The Balaban J connectivity index is 0.000000882. The number of rotatable bonds is 0. The Bertz CT molecular complexity index is 373. The third-order valence-electron chi connectivity index (χ3n) is 9.69. The monoisotopic (exact) mass is 267 g/mol. The molecule has 18 heavy (non-hydrogen) atoms. The maximum atomic E-state index is 3.78. The van der Waals surface area contributed by atoms with Crippen LogP contribution in [0.25, 0.3) is 0 Å². The zero-order valence-corrected chi connectivity index (χ0v) is 13.0. The number of nitrogens with one attached hydrogen (secondary N) is 1. The van der Waals surface area contributed by atoms with E-state index in [4.69, 9.17) is 0 Å². The van der Waals surface area contributed by atoms with Crippen LogP contribution in [0.3, 0.4) is 0 Å². The van der Waals surface area contributed by atoms with Crippen LogP contribution in [0.4, 0.5) is 0 Å². The zero-order chi connectivity index (χ0) is 11.9. The van der Waals surface area contributed by atoms with Crippen molar-refractivity contribution in [3.8, 4) is 0 Å². The lowest BCUT2D eigenvalue weighted by Gasteiger charge is -2.76. The van der Waals surface area contributed by atoms with Crippen molar-refractivity contribution in [2.75, 3.05) is 13.1 Å². The Kier molecular flexibility index (Phi) is 1.63. The van der Waals surface area contributed by atoms with Gasteiger partial charge in [0.25, 0.3) is 0 Å². The molecule has 0 radical (unpaired) electrons. The molecule has 4 fully saturated rings. The highest BCUT2D eigenvalue weighted by Crippen LogP contribution is 2.99. The van der Waals surface area contributed by atoms with Gasteiger partial charge in [0, 0.05) is 13.1 Å². The van der Waals surface area contributed by atoms with Crippen molar-refractivity contribution in [1.82, 2.24) is 5.32 Å². The summed E-state index contributed by atoms with van der Waals surface area (Å²) in [6, 6.07) is 0. The standard InChI is InChI=1S/C16H25N.ClH/c1-11-5-15-6-12(11,2)14(4)8-16(15,10-17-9-15)7-13(11,14)3;/h17H,5-10H2,1-4H3;1H. The van der Waals surface area contributed by atoms with Crippen LogP contribution >= 0.6 is 12.4 Å². The molecule has 2 heteroatoms. The summed E-state index contributed by atoms with van der Waals surface area (Å²) in [6.07, 6.45) is 6.09. The fraction of sp³-hybridized carbons (Fsp3) is 1.00. The summed E-state index contributed by atoms with van der Waals surface area (Å²) in [7, 11) is 0. The molecule has 0 aromatic heterocycles. The maximum absolute atomic E-state index is 3.78. The first-order valence-corrected chi connectivity index (χ1v) is 7.49. The van der Waals surface area contributed by atoms with Gasteiger partial charge in [-0.3, -0.25) is 0 Å². The van der Waals surface area contributed by atoms with Gasteiger partial charge in [-0.1, -0.05) is 27.7 Å². The molecule has 3 saturated carbocycles. The highest BCUT2D eigenvalue weighted by atomic mass is 35.5. The molecule has 4 rings (SSSR count). The highest BCUT2D eigenvalue weighted by Gasteiger charge is 2.94. The molecule has 1 saturated heterocycles. The maximum Gasteiger partial charge on any atom is 0.00143 e. The second-order valence-corrected chi connectivity index (χ2v) is 9.20. The van der Waals surface area contributed by atoms with E-state index in [0.717, 1.165) is 0 Å². The van der Waals surface area contributed by atoms with Crippen LogP contribution in [-0.4, -0.2) is 13.1 Å². The van der Waals surface area contributed by atoms with Crippen molar-refractivity contribution in [1.29, 1.82) is 0 Å². The van der Waals surface area contributed by atoms with Gasteiger partial charge in [-0.05, 0) is 58.2 Å². The predicted molar refractivity (Wildman–Crippen MR) is 75.9 cm³/mol. The van der Waals surface area contributed by atoms with Crippen molar-refractivity contribution in [3.05, 3.63) is 0 Å². The van der Waals surface area contributed by atoms with Crippen LogP contribution < -0.4 is 5.32 Å². The van der Waals surface area contributed by atoms with E-state index < -0.39 is 0 Å². The second-order valence-electron chi connectivity index (χ2n) is 9.20. The fourth-order valence-corrected chi connectivity index (χ4v) is 8.68. The Labute approximate surface area is 117 Å². The van der Waals surface area contributed by atoms with Crippen LogP contribution in [0.2, 0.25) is 0 Å². The van der Waals surface area contributed by atoms with Crippen molar-refractivity contribution < 1.29 is 0 Å². The van der Waals surface area contributed by atoms with Gasteiger partial charge in [-0.2, -0.15) is 0 Å². The third kappa shape index (κ3) is 0.633. The SMILES string of the molecule is CC12CC34CNCC35CC1(C)C(C)(C5)C2(C)C4.Cl. The summed E-state index contributed by atoms with van der Waals surface area (Å²) in [4.78, 5) is 0. The first-order valence-electron chi connectivity index (χ1n) is 7.49. The molecule has 2 spiro atoms. The molecule has 0 aromatic carbocycles. The summed E-state index contributed by atoms with van der Waals surface area (Å²) >= 11 is 0. The minimum atomic E-state index is 0. The number of hydrogen-bond acceptors (Lipinski definition) is 1. The Morgan fingerprint density at radius 3 is 1.17 bits per heavy atom. The van der Waals surface area contributed by atoms with Gasteiger partial charge >= 0.3 is 0 Å². The molecular weight excluding hydrogens is 242 g/mol. The van der Waals surface area contributed by atoms with Gasteiger partial charge in [0.2, 0.25) is 0 Å². The van der Waals surface area contributed by atoms with E-state index in [0.29, 0.717) is 32.5 Å². The minimum absolute atomic E-state index is 0. The molecule has 1 aliphatic heterocycles. The van der Waals surface area contributed by atoms with Gasteiger partial charge in [0.05, 0.1) is 0 Å². The lowest BCUT2D eigenvalue weighted by Crippen LogP contribution is -2.70. The summed E-state index contributed by atoms with van der Waals surface area (Å²) < 4.78 is 0. The lowest BCUT2D eigenvalue weighted by atomic mass is 9.28. The first kappa shape index (κ1) is 12.0. The first-order chi connectivity index (χ1) is 7.79. The molecule has 0 amide bonds. The van der Waals surface area contributed by atoms with E-state index in [1.54, 1.807) is 0 Å². The Hall–Kier alpha value is 0.250. The number of hydrogen-bond donors (Lipinski definition) is 1. The minimum Gasteiger partial charge on any atom is -0.316 e. The van der Waals surface area contributed by atoms with Crippen molar-refractivity contribution in [2.45, 2.75) is 53.4 Å². The fourth-order valence-electron chi connectivity index (χ4n) is 8.68. The van der Waals surface area contributed by atoms with E-state index in [9.17, 15) is 0 Å². The highest BCUT2D eigenvalue weighted by molar-refractivity contribution is 5.85. The summed E-state index contributed by atoms with van der Waals surface area (Å²) in [5, 5.41) is 3.78. The Morgan fingerprint density at radius 1 is 0.611 bits per heavy atom. The van der Waals surface area contributed by atoms with Crippen molar-refractivity contribution in [3.63, 3.8) is 0 Å². The van der Waals surface area contributed by atoms with Crippen LogP contribution in [0.1, 0.15) is 53.4 Å². The van der Waals surface area contributed by atoms with E-state index >= 15 is 0 Å². The summed E-state index contributed by atoms with van der Waals surface area (Å²) in [5.41, 5.74) is 3.93. The Morgan fingerprint density at radius 2 is 0.889 bits per heavy atom. The molecule has 0 bridgehead atoms. The second kappa shape index (κ2) is 2.44. The van der Waals surface area contributed by atoms with Crippen LogP contribution in [-0.2, 0) is 0 Å². The van der Waals surface area contributed by atoms with Gasteiger partial charge in [0.1, 0.15) is 0 Å².